The lowest BCUT2D eigenvalue weighted by Crippen LogP contribution is -2.36. The number of alkyl halides is 4. The van der Waals surface area contributed by atoms with Gasteiger partial charge in [-0.05, 0) is 6.08 Å². The lowest BCUT2D eigenvalue weighted by Gasteiger charge is -2.22. The first-order valence-corrected chi connectivity index (χ1v) is 3.31. The molecular weight excluding hydrogens is 198 g/mol. The van der Waals surface area contributed by atoms with Crippen LogP contribution in [-0.2, 0) is 0 Å². The van der Waals surface area contributed by atoms with Crippen LogP contribution in [0.15, 0.2) is 12.4 Å². The van der Waals surface area contributed by atoms with Crippen LogP contribution >= 0.6 is 0 Å². The first-order chi connectivity index (χ1) is 5.46. The van der Waals surface area contributed by atoms with E-state index in [1.807, 2.05) is 0 Å². The Kier molecular flexibility index (Phi) is 6.70. The molecule has 2 unspecified atom stereocenters. The molecule has 13 heavy (non-hydrogen) atoms. The second-order valence-electron chi connectivity index (χ2n) is 2.45. The van der Waals surface area contributed by atoms with Gasteiger partial charge in [-0.2, -0.15) is 0 Å². The number of halogens is 6. The molecule has 6 heteroatoms. The third-order valence-electron chi connectivity index (χ3n) is 1.50. The lowest BCUT2D eigenvalue weighted by molar-refractivity contribution is -0.102. The van der Waals surface area contributed by atoms with E-state index in [0.29, 0.717) is 0 Å². The summed E-state index contributed by atoms with van der Waals surface area (Å²) in [4.78, 5) is 0. The summed E-state index contributed by atoms with van der Waals surface area (Å²) in [5.41, 5.74) is 0. The Morgan fingerprint density at radius 1 is 1.38 bits per heavy atom. The average Bonchev–Trinajstić information content (AvgIpc) is 2.03. The van der Waals surface area contributed by atoms with Crippen molar-refractivity contribution in [1.82, 2.24) is 0 Å². The van der Waals surface area contributed by atoms with Gasteiger partial charge in [0.25, 0.3) is 5.92 Å². The summed E-state index contributed by atoms with van der Waals surface area (Å²) in [5.74, 6) is -5.60. The van der Waals surface area contributed by atoms with Crippen LogP contribution in [0.1, 0.15) is 6.92 Å². The van der Waals surface area contributed by atoms with Gasteiger partial charge in [-0.3, -0.25) is 9.09 Å². The van der Waals surface area contributed by atoms with Crippen LogP contribution < -0.4 is 0 Å². The van der Waals surface area contributed by atoms with Crippen molar-refractivity contribution < 1.29 is 26.7 Å². The third kappa shape index (κ3) is 3.69. The van der Waals surface area contributed by atoms with Gasteiger partial charge in [-0.1, -0.05) is 6.92 Å². The topological polar surface area (TPSA) is 0 Å². The zero-order chi connectivity index (χ0) is 9.78. The molecule has 0 fully saturated rings. The van der Waals surface area contributed by atoms with Gasteiger partial charge in [0.05, 0.1) is 18.9 Å². The van der Waals surface area contributed by atoms with Crippen LogP contribution in [0.2, 0.25) is 0 Å². The zero-order valence-electron chi connectivity index (χ0n) is 6.81. The van der Waals surface area contributed by atoms with E-state index in [2.05, 4.69) is 0 Å². The summed E-state index contributed by atoms with van der Waals surface area (Å²) in [7, 11) is 0. The van der Waals surface area contributed by atoms with E-state index in [9.17, 15) is 22.0 Å². The summed E-state index contributed by atoms with van der Waals surface area (Å²) in [6, 6.07) is 0. The first kappa shape index (κ1) is 14.8. The van der Waals surface area contributed by atoms with Crippen LogP contribution in [0.4, 0.5) is 26.7 Å². The van der Waals surface area contributed by atoms with Crippen molar-refractivity contribution in [3.8, 4) is 0 Å². The van der Waals surface area contributed by atoms with Gasteiger partial charge in [0, 0.05) is 0 Å². The van der Waals surface area contributed by atoms with Gasteiger partial charge in [-0.15, -0.1) is 0 Å². The quantitative estimate of drug-likeness (QED) is 0.622. The van der Waals surface area contributed by atoms with Crippen LogP contribution in [-0.4, -0.2) is 18.8 Å². The Morgan fingerprint density at radius 2 is 1.85 bits per heavy atom. The Hall–Kier alpha value is -0.680. The van der Waals surface area contributed by atoms with E-state index < -0.39 is 24.7 Å². The molecule has 0 aromatic carbocycles. The molecule has 0 bridgehead atoms. The van der Waals surface area contributed by atoms with Gasteiger partial charge in [0.15, 0.2) is 6.17 Å². The molecule has 0 spiro atoms. The predicted molar refractivity (Wildman–Crippen MR) is 37.7 cm³/mol. The minimum Gasteiger partial charge on any atom is -0.269 e. The minimum absolute atomic E-state index is 0. The maximum absolute atomic E-state index is 12.6. The maximum atomic E-state index is 12.6. The molecule has 0 aliphatic rings. The molecule has 0 aliphatic heterocycles. The van der Waals surface area contributed by atoms with Gasteiger partial charge in [0.1, 0.15) is 0 Å². The standard InChI is InChI=1S/C7H9F5.FH/c1-5(4-9)7(11,12)6(10)2-3-8;/h2-3,5-6H,4H2,1H3;1H. The lowest BCUT2D eigenvalue weighted by atomic mass is 10.0. The van der Waals surface area contributed by atoms with E-state index >= 15 is 0 Å². The second kappa shape index (κ2) is 5.88. The monoisotopic (exact) mass is 208 g/mol. The van der Waals surface area contributed by atoms with Crippen molar-refractivity contribution in [1.29, 1.82) is 0 Å². The molecule has 0 saturated heterocycles. The molecule has 0 aromatic rings. The fourth-order valence-corrected chi connectivity index (χ4v) is 0.567. The van der Waals surface area contributed by atoms with Crippen LogP contribution in [0.5, 0.6) is 0 Å². The molecule has 2 atom stereocenters. The fraction of sp³-hybridized carbons (Fsp3) is 0.714. The van der Waals surface area contributed by atoms with Crippen molar-refractivity contribution in [2.75, 3.05) is 6.67 Å². The molecule has 0 rings (SSSR count). The number of hydrogen-bond acceptors (Lipinski definition) is 0. The summed E-state index contributed by atoms with van der Waals surface area (Å²) < 4.78 is 60.5. The normalized spacial score (nSPS) is 16.8. The van der Waals surface area contributed by atoms with Crippen LogP contribution in [0, 0.1) is 5.92 Å². The third-order valence-corrected chi connectivity index (χ3v) is 1.50. The highest BCUT2D eigenvalue weighted by Gasteiger charge is 2.44. The zero-order valence-corrected chi connectivity index (χ0v) is 6.81. The molecule has 0 amide bonds. The highest BCUT2D eigenvalue weighted by molar-refractivity contribution is 4.95. The van der Waals surface area contributed by atoms with Crippen molar-refractivity contribution >= 4 is 0 Å². The van der Waals surface area contributed by atoms with Crippen molar-refractivity contribution in [3.63, 3.8) is 0 Å². The number of allylic oxidation sites excluding steroid dienone is 1. The summed E-state index contributed by atoms with van der Waals surface area (Å²) in [6.45, 7) is -0.480. The molecule has 0 saturated carbocycles. The van der Waals surface area contributed by atoms with E-state index in [1.165, 1.54) is 0 Å². The summed E-state index contributed by atoms with van der Waals surface area (Å²) in [5, 5.41) is 0. The summed E-state index contributed by atoms with van der Waals surface area (Å²) in [6.07, 6.45) is -3.02. The molecule has 0 aromatic heterocycles. The Labute approximate surface area is 71.8 Å². The van der Waals surface area contributed by atoms with Crippen molar-refractivity contribution in [3.05, 3.63) is 12.4 Å². The largest absolute Gasteiger partial charge is 0.287 e. The van der Waals surface area contributed by atoms with Crippen molar-refractivity contribution in [2.24, 2.45) is 5.92 Å². The molecule has 80 valence electrons. The van der Waals surface area contributed by atoms with Gasteiger partial charge >= 0.3 is 0 Å². The minimum atomic E-state index is -3.85. The second-order valence-corrected chi connectivity index (χ2v) is 2.45. The first-order valence-electron chi connectivity index (χ1n) is 3.31. The number of rotatable bonds is 4. The Balaban J connectivity index is 0. The molecule has 0 radical (unpaired) electrons. The average molecular weight is 208 g/mol. The smallest absolute Gasteiger partial charge is 0.269 e. The van der Waals surface area contributed by atoms with Gasteiger partial charge in [-0.25, -0.2) is 17.6 Å². The van der Waals surface area contributed by atoms with E-state index in [0.717, 1.165) is 6.92 Å². The molecule has 0 N–H and O–H groups in total. The Bertz CT molecular complexity index is 155. The Morgan fingerprint density at radius 3 is 2.15 bits per heavy atom. The molecule has 0 heterocycles. The van der Waals surface area contributed by atoms with Crippen LogP contribution in [0.25, 0.3) is 0 Å². The van der Waals surface area contributed by atoms with Crippen molar-refractivity contribution in [2.45, 2.75) is 19.0 Å². The highest BCUT2D eigenvalue weighted by Crippen LogP contribution is 2.31. The van der Waals surface area contributed by atoms with E-state index in [1.54, 1.807) is 0 Å². The fourth-order valence-electron chi connectivity index (χ4n) is 0.567. The highest BCUT2D eigenvalue weighted by atomic mass is 19.3. The maximum Gasteiger partial charge on any atom is 0.287 e. The SMILES string of the molecule is CC(CF)C(F)(F)C(F)C=CF.F. The summed E-state index contributed by atoms with van der Waals surface area (Å²) >= 11 is 0. The van der Waals surface area contributed by atoms with Gasteiger partial charge < -0.3 is 0 Å². The molecule has 0 nitrogen and oxygen atoms in total. The molecular formula is C7H10F6. The van der Waals surface area contributed by atoms with Gasteiger partial charge in [0.2, 0.25) is 0 Å². The van der Waals surface area contributed by atoms with E-state index in [4.69, 9.17) is 0 Å². The van der Waals surface area contributed by atoms with E-state index in [-0.39, 0.29) is 17.1 Å². The predicted octanol–water partition coefficient (Wildman–Crippen LogP) is 3.20. The number of hydrogen-bond donors (Lipinski definition) is 0. The molecule has 0 aliphatic carbocycles. The van der Waals surface area contributed by atoms with Crippen LogP contribution in [0.3, 0.4) is 0 Å².